The predicted octanol–water partition coefficient (Wildman–Crippen LogP) is 0.854. The van der Waals surface area contributed by atoms with E-state index in [-0.39, 0.29) is 18.1 Å². The fraction of sp³-hybridized carbons (Fsp3) is 0.500. The third-order valence-electron chi connectivity index (χ3n) is 4.02. The molecule has 0 aliphatic carbocycles. The van der Waals surface area contributed by atoms with Gasteiger partial charge in [0.2, 0.25) is 12.4 Å². The van der Waals surface area contributed by atoms with Crippen molar-refractivity contribution in [1.29, 1.82) is 0 Å². The van der Waals surface area contributed by atoms with Crippen molar-refractivity contribution in [2.75, 3.05) is 6.61 Å². The molecule has 0 bridgehead atoms. The lowest BCUT2D eigenvalue weighted by atomic mass is 9.98. The maximum absolute atomic E-state index is 11.8. The van der Waals surface area contributed by atoms with E-state index in [1.165, 1.54) is 31.2 Å². The summed E-state index contributed by atoms with van der Waals surface area (Å²) >= 11 is 0. The summed E-state index contributed by atoms with van der Waals surface area (Å²) in [5.74, 6) is -2.78. The smallest absolute Gasteiger partial charge is 0.303 e. The Morgan fingerprint density at radius 2 is 1.45 bits per heavy atom. The maximum Gasteiger partial charge on any atom is 0.303 e. The molecule has 1 fully saturated rings. The van der Waals surface area contributed by atoms with Crippen LogP contribution < -0.4 is 4.74 Å². The Morgan fingerprint density at radius 1 is 0.871 bits per heavy atom. The van der Waals surface area contributed by atoms with Crippen LogP contribution in [0.1, 0.15) is 27.7 Å². The Kier molecular flexibility index (Phi) is 8.20. The van der Waals surface area contributed by atoms with Crippen molar-refractivity contribution in [3.8, 4) is 11.5 Å². The zero-order chi connectivity index (χ0) is 23.1. The lowest BCUT2D eigenvalue weighted by Crippen LogP contribution is -2.63. The summed E-state index contributed by atoms with van der Waals surface area (Å²) in [5.41, 5.74) is 0. The highest BCUT2D eigenvalue weighted by molar-refractivity contribution is 5.68. The highest BCUT2D eigenvalue weighted by Gasteiger charge is 2.53. The summed E-state index contributed by atoms with van der Waals surface area (Å²) in [5, 5.41) is 9.67. The molecular weight excluding hydrogens is 416 g/mol. The van der Waals surface area contributed by atoms with Gasteiger partial charge in [-0.25, -0.2) is 0 Å². The second kappa shape index (κ2) is 10.6. The van der Waals surface area contributed by atoms with Gasteiger partial charge in [0, 0.05) is 33.8 Å². The fourth-order valence-electron chi connectivity index (χ4n) is 2.97. The van der Waals surface area contributed by atoms with Gasteiger partial charge in [0.25, 0.3) is 0 Å². The highest BCUT2D eigenvalue weighted by Crippen LogP contribution is 2.31. The molecule has 170 valence electrons. The number of hydrogen-bond donors (Lipinski definition) is 1. The number of phenolic OH excluding ortho intramolecular Hbond substituents is 1. The van der Waals surface area contributed by atoms with Gasteiger partial charge in [-0.05, 0) is 12.1 Å². The lowest BCUT2D eigenvalue weighted by Gasteiger charge is -2.43. The van der Waals surface area contributed by atoms with E-state index in [9.17, 15) is 24.3 Å². The molecule has 11 heteroatoms. The molecule has 0 unspecified atom stereocenters. The van der Waals surface area contributed by atoms with Crippen molar-refractivity contribution in [3.05, 3.63) is 24.3 Å². The summed E-state index contributed by atoms with van der Waals surface area (Å²) in [7, 11) is 0. The lowest BCUT2D eigenvalue weighted by molar-refractivity contribution is -0.288. The standard InChI is InChI=1S/C20H24O11/c1-10(21)26-9-16-17(27-11(2)22)18(28-12(3)23)19(29-13(4)24)20(31-16)30-15-7-5-6-14(25)8-15/h5-8,16-20,25H,9H2,1-4H3/t16-,17-,18+,19-,20+/m1/s1. The zero-order valence-corrected chi connectivity index (χ0v) is 17.4. The number of rotatable bonds is 7. The van der Waals surface area contributed by atoms with Gasteiger partial charge in [-0.1, -0.05) is 6.07 Å². The minimum atomic E-state index is -1.36. The first-order valence-corrected chi connectivity index (χ1v) is 9.33. The predicted molar refractivity (Wildman–Crippen MR) is 101 cm³/mol. The molecule has 1 saturated heterocycles. The molecule has 1 heterocycles. The van der Waals surface area contributed by atoms with Gasteiger partial charge in [0.1, 0.15) is 24.2 Å². The average molecular weight is 440 g/mol. The maximum atomic E-state index is 11.8. The number of aromatic hydroxyl groups is 1. The third-order valence-corrected chi connectivity index (χ3v) is 4.02. The SMILES string of the molecule is CC(=O)OC[C@H]1O[C@H](Oc2cccc(O)c2)[C@H](OC(C)=O)[C@@H](OC(C)=O)[C@@H]1OC(C)=O. The normalized spacial score (nSPS) is 25.1. The summed E-state index contributed by atoms with van der Waals surface area (Å²) in [4.78, 5) is 46.5. The first-order valence-electron chi connectivity index (χ1n) is 9.33. The second-order valence-corrected chi connectivity index (χ2v) is 6.68. The zero-order valence-electron chi connectivity index (χ0n) is 17.4. The van der Waals surface area contributed by atoms with Crippen molar-refractivity contribution >= 4 is 23.9 Å². The van der Waals surface area contributed by atoms with Gasteiger partial charge >= 0.3 is 23.9 Å². The van der Waals surface area contributed by atoms with Crippen LogP contribution in [0.3, 0.4) is 0 Å². The number of carbonyl (C=O) groups excluding carboxylic acids is 4. The van der Waals surface area contributed by atoms with E-state index in [4.69, 9.17) is 28.4 Å². The molecule has 1 aliphatic heterocycles. The Labute approximate surface area is 178 Å². The number of carbonyl (C=O) groups is 4. The fourth-order valence-corrected chi connectivity index (χ4v) is 2.97. The van der Waals surface area contributed by atoms with Crippen molar-refractivity contribution < 1.29 is 52.7 Å². The molecule has 1 N–H and O–H groups in total. The second-order valence-electron chi connectivity index (χ2n) is 6.68. The Hall–Kier alpha value is -3.34. The molecule has 5 atom stereocenters. The van der Waals surface area contributed by atoms with Crippen LogP contribution in [0.5, 0.6) is 11.5 Å². The number of benzene rings is 1. The monoisotopic (exact) mass is 440 g/mol. The van der Waals surface area contributed by atoms with Gasteiger partial charge in [-0.15, -0.1) is 0 Å². The van der Waals surface area contributed by atoms with Crippen molar-refractivity contribution in [2.45, 2.75) is 58.4 Å². The summed E-state index contributed by atoms with van der Waals surface area (Å²) in [6.45, 7) is 4.19. The molecule has 1 aromatic carbocycles. The molecule has 11 nitrogen and oxygen atoms in total. The van der Waals surface area contributed by atoms with Crippen molar-refractivity contribution in [1.82, 2.24) is 0 Å². The van der Waals surface area contributed by atoms with Crippen LogP contribution in [0.2, 0.25) is 0 Å². The van der Waals surface area contributed by atoms with Crippen molar-refractivity contribution in [3.63, 3.8) is 0 Å². The topological polar surface area (TPSA) is 144 Å². The quantitative estimate of drug-likeness (QED) is 0.476. The molecule has 0 spiro atoms. The Morgan fingerprint density at radius 3 is 2.00 bits per heavy atom. The van der Waals surface area contributed by atoms with E-state index < -0.39 is 54.6 Å². The van der Waals surface area contributed by atoms with E-state index in [0.29, 0.717) is 0 Å². The van der Waals surface area contributed by atoms with Crippen LogP contribution >= 0.6 is 0 Å². The first kappa shape index (κ1) is 23.9. The molecule has 2 rings (SSSR count). The summed E-state index contributed by atoms with van der Waals surface area (Å²) < 4.78 is 32.3. The van der Waals surface area contributed by atoms with E-state index in [0.717, 1.165) is 20.8 Å². The minimum absolute atomic E-state index is 0.0943. The molecule has 0 radical (unpaired) electrons. The molecule has 0 saturated carbocycles. The first-order chi connectivity index (χ1) is 14.6. The molecule has 0 amide bonds. The summed E-state index contributed by atoms with van der Waals surface area (Å²) in [6, 6.07) is 5.72. The molecule has 1 aliphatic rings. The highest BCUT2D eigenvalue weighted by atomic mass is 16.7. The van der Waals surface area contributed by atoms with E-state index in [1.54, 1.807) is 0 Å². The summed E-state index contributed by atoms with van der Waals surface area (Å²) in [6.07, 6.45) is -6.42. The largest absolute Gasteiger partial charge is 0.508 e. The number of phenols is 1. The molecule has 1 aromatic rings. The van der Waals surface area contributed by atoms with E-state index >= 15 is 0 Å². The third kappa shape index (κ3) is 7.14. The van der Waals surface area contributed by atoms with Crippen LogP contribution in [0.25, 0.3) is 0 Å². The number of ether oxygens (including phenoxy) is 6. The van der Waals surface area contributed by atoms with Gasteiger partial charge in [-0.3, -0.25) is 19.2 Å². The van der Waals surface area contributed by atoms with Gasteiger partial charge in [0.15, 0.2) is 12.2 Å². The van der Waals surface area contributed by atoms with E-state index in [1.807, 2.05) is 0 Å². The molecular formula is C20H24O11. The van der Waals surface area contributed by atoms with Crippen LogP contribution in [-0.2, 0) is 42.9 Å². The van der Waals surface area contributed by atoms with Crippen LogP contribution in [0.15, 0.2) is 24.3 Å². The number of esters is 4. The van der Waals surface area contributed by atoms with E-state index in [2.05, 4.69) is 0 Å². The number of hydrogen-bond acceptors (Lipinski definition) is 11. The van der Waals surface area contributed by atoms with Gasteiger partial charge in [0.05, 0.1) is 0 Å². The van der Waals surface area contributed by atoms with Crippen LogP contribution in [0.4, 0.5) is 0 Å². The Bertz CT molecular complexity index is 821. The van der Waals surface area contributed by atoms with Crippen LogP contribution in [-0.4, -0.2) is 66.3 Å². The van der Waals surface area contributed by atoms with Crippen molar-refractivity contribution in [2.24, 2.45) is 0 Å². The molecule has 0 aromatic heterocycles. The Balaban J connectivity index is 2.44. The van der Waals surface area contributed by atoms with Gasteiger partial charge in [-0.2, -0.15) is 0 Å². The van der Waals surface area contributed by atoms with Gasteiger partial charge < -0.3 is 33.5 Å². The van der Waals surface area contributed by atoms with Crippen LogP contribution in [0, 0.1) is 0 Å². The molecule has 31 heavy (non-hydrogen) atoms. The minimum Gasteiger partial charge on any atom is -0.508 e. The average Bonchev–Trinajstić information content (AvgIpc) is 2.64.